The Balaban J connectivity index is 0.000000219. The molecule has 0 spiro atoms. The summed E-state index contributed by atoms with van der Waals surface area (Å²) in [7, 11) is 1.88. The summed E-state index contributed by atoms with van der Waals surface area (Å²) in [6.07, 6.45) is 5.54. The molecular formula is C14H14Cl2N6O2. The third kappa shape index (κ3) is 5.64. The molecule has 0 radical (unpaired) electrons. The minimum absolute atomic E-state index is 0.0226. The molecule has 3 aromatic heterocycles. The van der Waals surface area contributed by atoms with Crippen molar-refractivity contribution in [3.63, 3.8) is 0 Å². The maximum atomic E-state index is 8.57. The Morgan fingerprint density at radius 3 is 2.04 bits per heavy atom. The third-order valence-corrected chi connectivity index (χ3v) is 3.08. The maximum absolute atomic E-state index is 8.57. The van der Waals surface area contributed by atoms with Crippen LogP contribution in [0.25, 0.3) is 0 Å². The van der Waals surface area contributed by atoms with E-state index in [9.17, 15) is 0 Å². The first-order valence-electron chi connectivity index (χ1n) is 6.70. The van der Waals surface area contributed by atoms with Crippen LogP contribution in [0.4, 0.5) is 0 Å². The summed E-state index contributed by atoms with van der Waals surface area (Å²) in [6.45, 7) is 2.37. The van der Waals surface area contributed by atoms with Crippen molar-refractivity contribution in [1.29, 1.82) is 0 Å². The number of aromatic nitrogens is 6. The summed E-state index contributed by atoms with van der Waals surface area (Å²) in [5, 5.41) is 13.1. The molecule has 8 nitrogen and oxygen atoms in total. The molecule has 0 unspecified atom stereocenters. The van der Waals surface area contributed by atoms with Gasteiger partial charge < -0.3 is 9.84 Å². The molecule has 0 aliphatic carbocycles. The van der Waals surface area contributed by atoms with E-state index in [1.807, 2.05) is 20.0 Å². The quantitative estimate of drug-likeness (QED) is 0.709. The molecule has 3 rings (SSSR count). The van der Waals surface area contributed by atoms with Crippen molar-refractivity contribution < 1.29 is 9.84 Å². The van der Waals surface area contributed by atoms with Gasteiger partial charge in [0.1, 0.15) is 6.61 Å². The molecule has 0 amide bonds. The van der Waals surface area contributed by atoms with Crippen LogP contribution in [0.15, 0.2) is 30.9 Å². The van der Waals surface area contributed by atoms with Gasteiger partial charge in [0.25, 0.3) is 0 Å². The van der Waals surface area contributed by atoms with Crippen LogP contribution in [-0.2, 0) is 13.7 Å². The van der Waals surface area contributed by atoms with Gasteiger partial charge in [0.05, 0.1) is 36.2 Å². The third-order valence-electron chi connectivity index (χ3n) is 2.69. The van der Waals surface area contributed by atoms with Crippen LogP contribution in [0.1, 0.15) is 11.4 Å². The van der Waals surface area contributed by atoms with Crippen LogP contribution in [-0.4, -0.2) is 34.8 Å². The molecule has 0 fully saturated rings. The zero-order chi connectivity index (χ0) is 17.5. The molecule has 3 heterocycles. The second-order valence-corrected chi connectivity index (χ2v) is 5.26. The van der Waals surface area contributed by atoms with Crippen molar-refractivity contribution >= 4 is 23.2 Å². The van der Waals surface area contributed by atoms with E-state index in [2.05, 4.69) is 25.0 Å². The number of ether oxygens (including phenoxy) is 1. The molecule has 126 valence electrons. The fourth-order valence-electron chi connectivity index (χ4n) is 1.64. The summed E-state index contributed by atoms with van der Waals surface area (Å²) >= 11 is 10.8. The minimum atomic E-state index is 0.0226. The highest BCUT2D eigenvalue weighted by molar-refractivity contribution is 6.28. The largest absolute Gasteiger partial charge is 0.505 e. The number of rotatable bonds is 3. The number of aromatic hydroxyl groups is 1. The van der Waals surface area contributed by atoms with Gasteiger partial charge in [0.15, 0.2) is 11.5 Å². The van der Waals surface area contributed by atoms with Gasteiger partial charge in [-0.2, -0.15) is 5.10 Å². The molecule has 10 heteroatoms. The van der Waals surface area contributed by atoms with Crippen LogP contribution >= 0.6 is 23.2 Å². The maximum Gasteiger partial charge on any atom is 0.222 e. The van der Waals surface area contributed by atoms with Gasteiger partial charge in [0, 0.05) is 7.05 Å². The SMILES string of the molecule is Cc1cc(COc2cnc(Cl)nc2)n(C)n1.Oc1cnc(Cl)nc1. The molecule has 0 aromatic carbocycles. The lowest BCUT2D eigenvalue weighted by molar-refractivity contribution is 0.292. The zero-order valence-corrected chi connectivity index (χ0v) is 14.4. The Labute approximate surface area is 148 Å². The van der Waals surface area contributed by atoms with Crippen LogP contribution in [0.2, 0.25) is 10.6 Å². The Hall–Kier alpha value is -2.45. The van der Waals surface area contributed by atoms with Crippen molar-refractivity contribution in [3.8, 4) is 11.5 Å². The second kappa shape index (κ2) is 8.42. The highest BCUT2D eigenvalue weighted by atomic mass is 35.5. The Morgan fingerprint density at radius 2 is 1.58 bits per heavy atom. The Morgan fingerprint density at radius 1 is 1.04 bits per heavy atom. The first kappa shape index (κ1) is 17.9. The number of halogens is 2. The van der Waals surface area contributed by atoms with Crippen molar-refractivity contribution in [2.24, 2.45) is 7.05 Å². The van der Waals surface area contributed by atoms with Crippen LogP contribution in [0, 0.1) is 6.92 Å². The highest BCUT2D eigenvalue weighted by Gasteiger charge is 2.03. The summed E-state index contributed by atoms with van der Waals surface area (Å²) in [4.78, 5) is 14.6. The molecule has 24 heavy (non-hydrogen) atoms. The van der Waals surface area contributed by atoms with Gasteiger partial charge in [-0.05, 0) is 36.2 Å². The lowest BCUT2D eigenvalue weighted by Crippen LogP contribution is -2.03. The van der Waals surface area contributed by atoms with Crippen molar-refractivity contribution in [2.45, 2.75) is 13.5 Å². The smallest absolute Gasteiger partial charge is 0.222 e. The zero-order valence-electron chi connectivity index (χ0n) is 12.9. The minimum Gasteiger partial charge on any atom is -0.505 e. The molecule has 1 N–H and O–H groups in total. The molecule has 0 aliphatic heterocycles. The number of hydrogen-bond donors (Lipinski definition) is 1. The predicted octanol–water partition coefficient (Wildman–Crippen LogP) is 2.59. The van der Waals surface area contributed by atoms with Crippen LogP contribution < -0.4 is 4.74 Å². The summed E-state index contributed by atoms with van der Waals surface area (Å²) in [5.41, 5.74) is 1.96. The number of aryl methyl sites for hydroxylation is 2. The molecule has 0 saturated carbocycles. The lowest BCUT2D eigenvalue weighted by atomic mass is 10.4. The summed E-state index contributed by atoms with van der Waals surface area (Å²) in [6, 6.07) is 1.97. The van der Waals surface area contributed by atoms with Gasteiger partial charge in [-0.15, -0.1) is 0 Å². The first-order chi connectivity index (χ1) is 11.4. The topological polar surface area (TPSA) is 98.8 Å². The fourth-order valence-corrected chi connectivity index (χ4v) is 1.83. The fraction of sp³-hybridized carbons (Fsp3) is 0.214. The van der Waals surface area contributed by atoms with E-state index < -0.39 is 0 Å². The van der Waals surface area contributed by atoms with E-state index in [1.165, 1.54) is 12.4 Å². The highest BCUT2D eigenvalue weighted by Crippen LogP contribution is 2.11. The van der Waals surface area contributed by atoms with Gasteiger partial charge in [0.2, 0.25) is 10.6 Å². The van der Waals surface area contributed by atoms with Crippen LogP contribution in [0.5, 0.6) is 11.5 Å². The van der Waals surface area contributed by atoms with Gasteiger partial charge in [-0.1, -0.05) is 0 Å². The van der Waals surface area contributed by atoms with E-state index in [0.717, 1.165) is 11.4 Å². The van der Waals surface area contributed by atoms with Gasteiger partial charge >= 0.3 is 0 Å². The van der Waals surface area contributed by atoms with Gasteiger partial charge in [-0.3, -0.25) is 4.68 Å². The second-order valence-electron chi connectivity index (χ2n) is 4.59. The molecule has 0 atom stereocenters. The molecule has 0 aliphatic rings. The van der Waals surface area contributed by atoms with Crippen molar-refractivity contribution in [1.82, 2.24) is 29.7 Å². The van der Waals surface area contributed by atoms with E-state index in [-0.39, 0.29) is 16.3 Å². The standard InChI is InChI=1S/C10H11ClN4O.C4H3ClN2O/c1-7-3-8(15(2)14-7)6-16-9-4-12-10(11)13-5-9;5-4-6-1-3(8)2-7-4/h3-5H,6H2,1-2H3;1-2,8H. The van der Waals surface area contributed by atoms with Crippen molar-refractivity contribution in [3.05, 3.63) is 52.8 Å². The van der Waals surface area contributed by atoms with E-state index in [4.69, 9.17) is 33.0 Å². The average Bonchev–Trinajstić information content (AvgIpc) is 2.88. The molecular weight excluding hydrogens is 355 g/mol. The normalized spacial score (nSPS) is 10.0. The van der Waals surface area contributed by atoms with E-state index in [0.29, 0.717) is 12.4 Å². The summed E-state index contributed by atoms with van der Waals surface area (Å²) in [5.74, 6) is 0.609. The average molecular weight is 369 g/mol. The van der Waals surface area contributed by atoms with Gasteiger partial charge in [-0.25, -0.2) is 19.9 Å². The van der Waals surface area contributed by atoms with Crippen LogP contribution in [0.3, 0.4) is 0 Å². The molecule has 0 saturated heterocycles. The predicted molar refractivity (Wildman–Crippen MR) is 88.0 cm³/mol. The Bertz CT molecular complexity index is 756. The monoisotopic (exact) mass is 368 g/mol. The Kier molecular flexibility index (Phi) is 6.28. The summed E-state index contributed by atoms with van der Waals surface area (Å²) < 4.78 is 7.28. The van der Waals surface area contributed by atoms with Crippen molar-refractivity contribution in [2.75, 3.05) is 0 Å². The first-order valence-corrected chi connectivity index (χ1v) is 7.46. The molecule has 3 aromatic rings. The lowest BCUT2D eigenvalue weighted by Gasteiger charge is -2.04. The number of nitrogens with zero attached hydrogens (tertiary/aromatic N) is 6. The van der Waals surface area contributed by atoms with E-state index in [1.54, 1.807) is 17.1 Å². The number of hydrogen-bond acceptors (Lipinski definition) is 7. The van der Waals surface area contributed by atoms with E-state index >= 15 is 0 Å². The molecule has 0 bridgehead atoms.